The second kappa shape index (κ2) is 6.97. The molecule has 1 aliphatic heterocycles. The summed E-state index contributed by atoms with van der Waals surface area (Å²) in [7, 11) is 0. The lowest BCUT2D eigenvalue weighted by atomic mass is 10.3. The van der Waals surface area contributed by atoms with Gasteiger partial charge in [0.15, 0.2) is 5.82 Å². The SMILES string of the molecule is C=CCNC(=O)CN1CCN(Cc2nnnn2C2CC2)CC1. The predicted octanol–water partition coefficient (Wildman–Crippen LogP) is -0.572. The van der Waals surface area contributed by atoms with Gasteiger partial charge in [-0.05, 0) is 23.3 Å². The number of hydrogen-bond donors (Lipinski definition) is 1. The van der Waals surface area contributed by atoms with Gasteiger partial charge in [0.25, 0.3) is 0 Å². The highest BCUT2D eigenvalue weighted by molar-refractivity contribution is 5.78. The molecule has 1 aliphatic carbocycles. The third-order valence-electron chi connectivity index (χ3n) is 4.09. The number of carbonyl (C=O) groups excluding carboxylic acids is 1. The Kier molecular flexibility index (Phi) is 4.79. The molecule has 0 spiro atoms. The number of tetrazole rings is 1. The highest BCUT2D eigenvalue weighted by Crippen LogP contribution is 2.34. The Labute approximate surface area is 130 Å². The molecule has 0 bridgehead atoms. The van der Waals surface area contributed by atoms with Gasteiger partial charge in [0.1, 0.15) is 0 Å². The Bertz CT molecular complexity index is 517. The zero-order valence-electron chi connectivity index (χ0n) is 12.8. The van der Waals surface area contributed by atoms with E-state index >= 15 is 0 Å². The minimum Gasteiger partial charge on any atom is -0.352 e. The van der Waals surface area contributed by atoms with Crippen molar-refractivity contribution in [1.82, 2.24) is 35.3 Å². The van der Waals surface area contributed by atoms with Gasteiger partial charge >= 0.3 is 0 Å². The number of carbonyl (C=O) groups is 1. The quantitative estimate of drug-likeness (QED) is 0.680. The van der Waals surface area contributed by atoms with Gasteiger partial charge in [0.2, 0.25) is 5.91 Å². The van der Waals surface area contributed by atoms with Crippen molar-refractivity contribution in [2.24, 2.45) is 0 Å². The normalized spacial score (nSPS) is 20.0. The van der Waals surface area contributed by atoms with Crippen molar-refractivity contribution >= 4 is 5.91 Å². The Hall–Kier alpha value is -1.80. The van der Waals surface area contributed by atoms with Crippen LogP contribution in [0.4, 0.5) is 0 Å². The maximum atomic E-state index is 11.7. The Morgan fingerprint density at radius 2 is 2.00 bits per heavy atom. The Balaban J connectivity index is 1.42. The minimum absolute atomic E-state index is 0.0611. The summed E-state index contributed by atoms with van der Waals surface area (Å²) in [6.07, 6.45) is 4.07. The Morgan fingerprint density at radius 3 is 2.68 bits per heavy atom. The molecule has 1 aromatic heterocycles. The summed E-state index contributed by atoms with van der Waals surface area (Å²) in [6.45, 7) is 9.04. The highest BCUT2D eigenvalue weighted by Gasteiger charge is 2.29. The van der Waals surface area contributed by atoms with Crippen LogP contribution in [0.1, 0.15) is 24.7 Å². The molecule has 8 nitrogen and oxygen atoms in total. The van der Waals surface area contributed by atoms with Gasteiger partial charge in [-0.25, -0.2) is 4.68 Å². The van der Waals surface area contributed by atoms with E-state index in [2.05, 4.69) is 37.2 Å². The lowest BCUT2D eigenvalue weighted by molar-refractivity contribution is -0.122. The molecule has 120 valence electrons. The molecule has 1 amide bonds. The van der Waals surface area contributed by atoms with Crippen LogP contribution < -0.4 is 5.32 Å². The van der Waals surface area contributed by atoms with E-state index in [0.29, 0.717) is 19.1 Å². The van der Waals surface area contributed by atoms with Gasteiger partial charge < -0.3 is 5.32 Å². The van der Waals surface area contributed by atoms with Gasteiger partial charge in [0, 0.05) is 32.7 Å². The summed E-state index contributed by atoms with van der Waals surface area (Å²) >= 11 is 0. The van der Waals surface area contributed by atoms with Crippen LogP contribution in [0.3, 0.4) is 0 Å². The number of hydrogen-bond acceptors (Lipinski definition) is 6. The second-order valence-electron chi connectivity index (χ2n) is 5.92. The van der Waals surface area contributed by atoms with Gasteiger partial charge in [-0.2, -0.15) is 0 Å². The van der Waals surface area contributed by atoms with Gasteiger partial charge in [-0.3, -0.25) is 14.6 Å². The molecule has 0 atom stereocenters. The number of piperazine rings is 1. The van der Waals surface area contributed by atoms with Crippen molar-refractivity contribution in [3.05, 3.63) is 18.5 Å². The topological polar surface area (TPSA) is 79.2 Å². The van der Waals surface area contributed by atoms with E-state index in [9.17, 15) is 4.79 Å². The molecular weight excluding hydrogens is 282 g/mol. The lowest BCUT2D eigenvalue weighted by Crippen LogP contribution is -2.49. The molecule has 1 aromatic rings. The molecule has 1 saturated heterocycles. The molecule has 0 radical (unpaired) electrons. The monoisotopic (exact) mass is 305 g/mol. The molecule has 2 heterocycles. The summed E-state index contributed by atoms with van der Waals surface area (Å²) in [6, 6.07) is 0.514. The van der Waals surface area contributed by atoms with Crippen LogP contribution in [-0.2, 0) is 11.3 Å². The first-order valence-electron chi connectivity index (χ1n) is 7.85. The van der Waals surface area contributed by atoms with E-state index in [-0.39, 0.29) is 5.91 Å². The maximum Gasteiger partial charge on any atom is 0.234 e. The molecular formula is C14H23N7O. The average molecular weight is 305 g/mol. The fraction of sp³-hybridized carbons (Fsp3) is 0.714. The van der Waals surface area contributed by atoms with E-state index in [1.165, 1.54) is 12.8 Å². The van der Waals surface area contributed by atoms with Gasteiger partial charge in [-0.1, -0.05) is 6.08 Å². The zero-order chi connectivity index (χ0) is 15.4. The third-order valence-corrected chi connectivity index (χ3v) is 4.09. The van der Waals surface area contributed by atoms with Crippen LogP contribution >= 0.6 is 0 Å². The smallest absolute Gasteiger partial charge is 0.234 e. The first-order valence-corrected chi connectivity index (χ1v) is 7.85. The fourth-order valence-electron chi connectivity index (χ4n) is 2.67. The second-order valence-corrected chi connectivity index (χ2v) is 5.92. The van der Waals surface area contributed by atoms with Crippen LogP contribution in [0.15, 0.2) is 12.7 Å². The molecule has 3 rings (SSSR count). The largest absolute Gasteiger partial charge is 0.352 e. The summed E-state index contributed by atoms with van der Waals surface area (Å²) in [5.41, 5.74) is 0. The zero-order valence-corrected chi connectivity index (χ0v) is 12.8. The molecule has 0 unspecified atom stereocenters. The molecule has 1 saturated carbocycles. The number of nitrogens with one attached hydrogen (secondary N) is 1. The standard InChI is InChI=1S/C14H23N7O/c1-2-5-15-14(22)11-20-8-6-19(7-9-20)10-13-16-17-18-21(13)12-3-4-12/h2,12H,1,3-11H2,(H,15,22). The average Bonchev–Trinajstić information content (AvgIpc) is 3.27. The van der Waals surface area contributed by atoms with E-state index in [1.54, 1.807) is 6.08 Å². The van der Waals surface area contributed by atoms with Gasteiger partial charge in [0.05, 0.1) is 19.1 Å². The van der Waals surface area contributed by atoms with Crippen LogP contribution in [0.25, 0.3) is 0 Å². The van der Waals surface area contributed by atoms with Crippen molar-refractivity contribution < 1.29 is 4.79 Å². The minimum atomic E-state index is 0.0611. The first kappa shape index (κ1) is 15.1. The first-order chi connectivity index (χ1) is 10.8. The van der Waals surface area contributed by atoms with Crippen molar-refractivity contribution in [1.29, 1.82) is 0 Å². The summed E-state index contributed by atoms with van der Waals surface area (Å²) in [5.74, 6) is 1.02. The van der Waals surface area contributed by atoms with Crippen molar-refractivity contribution in [2.45, 2.75) is 25.4 Å². The molecule has 2 fully saturated rings. The summed E-state index contributed by atoms with van der Waals surface area (Å²) < 4.78 is 1.97. The summed E-state index contributed by atoms with van der Waals surface area (Å²) in [5, 5.41) is 14.8. The van der Waals surface area contributed by atoms with E-state index in [0.717, 1.165) is 38.5 Å². The van der Waals surface area contributed by atoms with Crippen LogP contribution in [0, 0.1) is 0 Å². The van der Waals surface area contributed by atoms with E-state index in [4.69, 9.17) is 0 Å². The number of rotatable bonds is 7. The molecule has 0 aromatic carbocycles. The van der Waals surface area contributed by atoms with Crippen LogP contribution in [-0.4, -0.2) is 75.2 Å². The molecule has 22 heavy (non-hydrogen) atoms. The lowest BCUT2D eigenvalue weighted by Gasteiger charge is -2.33. The van der Waals surface area contributed by atoms with Crippen molar-refractivity contribution in [3.8, 4) is 0 Å². The van der Waals surface area contributed by atoms with Crippen molar-refractivity contribution in [3.63, 3.8) is 0 Å². The Morgan fingerprint density at radius 1 is 1.27 bits per heavy atom. The molecule has 8 heteroatoms. The van der Waals surface area contributed by atoms with E-state index < -0.39 is 0 Å². The predicted molar refractivity (Wildman–Crippen MR) is 81.0 cm³/mol. The number of amides is 1. The highest BCUT2D eigenvalue weighted by atomic mass is 16.2. The molecule has 2 aliphatic rings. The van der Waals surface area contributed by atoms with Crippen LogP contribution in [0.2, 0.25) is 0 Å². The maximum absolute atomic E-state index is 11.7. The van der Waals surface area contributed by atoms with Gasteiger partial charge in [-0.15, -0.1) is 11.7 Å². The summed E-state index contributed by atoms with van der Waals surface area (Å²) in [4.78, 5) is 16.2. The molecule has 1 N–H and O–H groups in total. The van der Waals surface area contributed by atoms with Crippen LogP contribution in [0.5, 0.6) is 0 Å². The van der Waals surface area contributed by atoms with E-state index in [1.807, 2.05) is 4.68 Å². The fourth-order valence-corrected chi connectivity index (χ4v) is 2.67. The number of aromatic nitrogens is 4. The third kappa shape index (κ3) is 3.89. The number of nitrogens with zero attached hydrogens (tertiary/aromatic N) is 6. The van der Waals surface area contributed by atoms with Crippen molar-refractivity contribution in [2.75, 3.05) is 39.3 Å².